The van der Waals surface area contributed by atoms with Crippen LogP contribution in [0.25, 0.3) is 0 Å². The van der Waals surface area contributed by atoms with Gasteiger partial charge in [0.25, 0.3) is 0 Å². The van der Waals surface area contributed by atoms with Gasteiger partial charge >= 0.3 is 11.9 Å². The maximum absolute atomic E-state index is 13.0. The third-order valence-electron chi connectivity index (χ3n) is 19.0. The normalized spacial score (nSPS) is 13.0. The number of hydrogen-bond donors (Lipinski definition) is 0. The number of unbranched alkanes of at least 4 members (excludes halogenated alkanes) is 52. The van der Waals surface area contributed by atoms with Gasteiger partial charge < -0.3 is 33.3 Å². The highest BCUT2D eigenvalue weighted by Crippen LogP contribution is 2.20. The Morgan fingerprint density at radius 3 is 0.876 bits per heavy atom. The molecular formula is C88H161NO8. The molecule has 0 aliphatic heterocycles. The first-order valence-electron chi connectivity index (χ1n) is 42.1. The van der Waals surface area contributed by atoms with Crippen molar-refractivity contribution in [2.24, 2.45) is 0 Å². The minimum atomic E-state index is -1.62. The molecule has 0 aliphatic rings. The van der Waals surface area contributed by atoms with Crippen molar-refractivity contribution >= 4 is 17.9 Å². The monoisotopic (exact) mass is 1360 g/mol. The van der Waals surface area contributed by atoms with E-state index in [1.807, 2.05) is 21.1 Å². The van der Waals surface area contributed by atoms with Crippen LogP contribution in [0.15, 0.2) is 72.9 Å². The van der Waals surface area contributed by atoms with E-state index in [0.717, 1.165) is 77.0 Å². The first-order chi connectivity index (χ1) is 47.6. The topological polar surface area (TPSA) is 111 Å². The molecule has 566 valence electrons. The van der Waals surface area contributed by atoms with Crippen LogP contribution in [0.5, 0.6) is 0 Å². The van der Waals surface area contributed by atoms with Gasteiger partial charge in [0.2, 0.25) is 0 Å². The molecule has 2 atom stereocenters. The summed E-state index contributed by atoms with van der Waals surface area (Å²) in [4.78, 5) is 37.6. The fourth-order valence-electron chi connectivity index (χ4n) is 12.6. The van der Waals surface area contributed by atoms with Gasteiger partial charge in [-0.2, -0.15) is 0 Å². The van der Waals surface area contributed by atoms with E-state index in [1.165, 1.54) is 302 Å². The van der Waals surface area contributed by atoms with Crippen LogP contribution in [0.2, 0.25) is 0 Å². The highest BCUT2D eigenvalue weighted by molar-refractivity contribution is 5.70. The predicted octanol–water partition coefficient (Wildman–Crippen LogP) is 25.8. The van der Waals surface area contributed by atoms with Crippen LogP contribution in [-0.2, 0) is 33.3 Å². The fraction of sp³-hybridized carbons (Fsp3) is 0.830. The number of likely N-dealkylation sites (N-methyl/N-ethyl adjacent to an activating group) is 1. The number of nitrogens with zero attached hydrogens (tertiary/aromatic N) is 1. The van der Waals surface area contributed by atoms with Crippen LogP contribution in [0.3, 0.4) is 0 Å². The minimum Gasteiger partial charge on any atom is -0.545 e. The van der Waals surface area contributed by atoms with Crippen LogP contribution in [0.4, 0.5) is 0 Å². The summed E-state index contributed by atoms with van der Waals surface area (Å²) in [6, 6.07) is 0. The third kappa shape index (κ3) is 79.9. The highest BCUT2D eigenvalue weighted by atomic mass is 16.7. The number of esters is 2. The molecule has 0 aromatic rings. The highest BCUT2D eigenvalue weighted by Gasteiger charge is 2.22. The molecule has 9 heteroatoms. The largest absolute Gasteiger partial charge is 0.545 e. The molecule has 0 fully saturated rings. The molecule has 2 unspecified atom stereocenters. The molecule has 0 bridgehead atoms. The van der Waals surface area contributed by atoms with Crippen molar-refractivity contribution in [1.82, 2.24) is 0 Å². The summed E-state index contributed by atoms with van der Waals surface area (Å²) >= 11 is 0. The predicted molar refractivity (Wildman–Crippen MR) is 417 cm³/mol. The van der Waals surface area contributed by atoms with Gasteiger partial charge in [0.1, 0.15) is 13.2 Å². The second-order valence-corrected chi connectivity index (χ2v) is 29.8. The molecule has 0 amide bonds. The molecule has 0 rings (SSSR count). The third-order valence-corrected chi connectivity index (χ3v) is 19.0. The molecule has 0 radical (unpaired) electrons. The van der Waals surface area contributed by atoms with Crippen LogP contribution < -0.4 is 5.11 Å². The van der Waals surface area contributed by atoms with Gasteiger partial charge in [-0.15, -0.1) is 0 Å². The number of rotatable bonds is 79. The van der Waals surface area contributed by atoms with Gasteiger partial charge in [0.15, 0.2) is 12.4 Å². The van der Waals surface area contributed by atoms with Crippen molar-refractivity contribution in [3.8, 4) is 0 Å². The SMILES string of the molecule is CC/C=C\C/C=C\C/C=C\C/C=C\C/C=C\C/C=C\CCCCCCCCCCCCCCCCC(=O)OC(COC(=O)CCCCCCCCCCCCCCCCCCCCCCCCCCCCCCCCCCCCCCCCC)COC(OCC[N+](C)(C)C)C(=O)[O-]. The lowest BCUT2D eigenvalue weighted by molar-refractivity contribution is -0.870. The van der Waals surface area contributed by atoms with E-state index < -0.39 is 24.3 Å². The molecule has 0 N–H and O–H groups in total. The lowest BCUT2D eigenvalue weighted by Gasteiger charge is -2.26. The standard InChI is InChI=1S/C88H161NO8/c1-6-8-10-12-14-16-18-20-22-24-26-28-30-32-34-36-38-40-41-42-43-44-45-47-48-50-52-54-56-58-60-62-64-66-68-70-72-74-76-78-85(90)95-82-84(83-96-88(87(92)93)94-81-80-89(3,4)5)97-86(91)79-77-75-73-71-69-67-65-63-61-59-57-55-53-51-49-46-39-37-35-33-31-29-27-25-23-21-19-17-15-13-11-9-7-2/h9,11,15,17,21,23,27,29,33,35,39,46,84,88H,6-8,10,12-14,16,18-20,22,24-26,28,30-32,34,36-38,40-45,47-83H2,1-5H3/b11-9-,17-15-,23-21-,29-27-,35-33-,46-39-. The maximum atomic E-state index is 13.0. The van der Waals surface area contributed by atoms with Gasteiger partial charge in [-0.05, 0) is 64.2 Å². The second kappa shape index (κ2) is 78.4. The summed E-state index contributed by atoms with van der Waals surface area (Å²) in [5, 5.41) is 11.9. The Bertz CT molecular complexity index is 1830. The van der Waals surface area contributed by atoms with Gasteiger partial charge in [-0.3, -0.25) is 9.59 Å². The number of carbonyl (C=O) groups excluding carboxylic acids is 3. The number of allylic oxidation sites excluding steroid dienone is 12. The number of carbonyl (C=O) groups is 3. The Hall–Kier alpha value is -3.27. The van der Waals surface area contributed by atoms with Crippen molar-refractivity contribution in [3.63, 3.8) is 0 Å². The number of quaternary nitrogens is 1. The summed E-state index contributed by atoms with van der Waals surface area (Å²) in [7, 11) is 5.95. The molecule has 0 spiro atoms. The van der Waals surface area contributed by atoms with Crippen LogP contribution in [0, 0.1) is 0 Å². The van der Waals surface area contributed by atoms with E-state index >= 15 is 0 Å². The molecule has 0 aliphatic carbocycles. The summed E-state index contributed by atoms with van der Waals surface area (Å²) in [6.45, 7) is 4.70. The van der Waals surface area contributed by atoms with E-state index in [0.29, 0.717) is 23.9 Å². The van der Waals surface area contributed by atoms with Crippen molar-refractivity contribution in [2.45, 2.75) is 424 Å². The average Bonchev–Trinajstić information content (AvgIpc) is 2.59. The summed E-state index contributed by atoms with van der Waals surface area (Å²) < 4.78 is 22.9. The smallest absolute Gasteiger partial charge is 0.306 e. The summed E-state index contributed by atoms with van der Waals surface area (Å²) in [6.07, 6.45) is 103. The number of ether oxygens (including phenoxy) is 4. The van der Waals surface area contributed by atoms with Gasteiger partial charge in [-0.25, -0.2) is 0 Å². The Morgan fingerprint density at radius 1 is 0.320 bits per heavy atom. The van der Waals surface area contributed by atoms with Crippen molar-refractivity contribution in [3.05, 3.63) is 72.9 Å². The Kier molecular flexibility index (Phi) is 75.8. The van der Waals surface area contributed by atoms with E-state index in [2.05, 4.69) is 86.8 Å². The maximum Gasteiger partial charge on any atom is 0.306 e. The van der Waals surface area contributed by atoms with Gasteiger partial charge in [-0.1, -0.05) is 408 Å². The number of hydrogen-bond acceptors (Lipinski definition) is 8. The first kappa shape index (κ1) is 93.7. The van der Waals surface area contributed by atoms with E-state index in [-0.39, 0.29) is 32.2 Å². The molecule has 0 saturated carbocycles. The van der Waals surface area contributed by atoms with Crippen molar-refractivity contribution < 1.29 is 42.9 Å². The molecule has 0 heterocycles. The second-order valence-electron chi connectivity index (χ2n) is 29.8. The Balaban J connectivity index is 3.95. The number of aliphatic carboxylic acids is 1. The summed E-state index contributed by atoms with van der Waals surface area (Å²) in [5.74, 6) is -2.26. The molecule has 0 saturated heterocycles. The van der Waals surface area contributed by atoms with Crippen LogP contribution in [0.1, 0.15) is 412 Å². The average molecular weight is 1360 g/mol. The van der Waals surface area contributed by atoms with Crippen LogP contribution in [-0.4, -0.2) is 82.3 Å². The van der Waals surface area contributed by atoms with E-state index in [4.69, 9.17) is 18.9 Å². The quantitative estimate of drug-likeness (QED) is 0.0195. The number of carboxylic acid groups (broad SMARTS) is 1. The van der Waals surface area contributed by atoms with E-state index in [1.54, 1.807) is 0 Å². The van der Waals surface area contributed by atoms with Crippen molar-refractivity contribution in [1.29, 1.82) is 0 Å². The first-order valence-corrected chi connectivity index (χ1v) is 42.1. The molecule has 0 aromatic carbocycles. The van der Waals surface area contributed by atoms with Crippen molar-refractivity contribution in [2.75, 3.05) is 47.5 Å². The lowest BCUT2D eigenvalue weighted by Crippen LogP contribution is -2.44. The zero-order valence-electron chi connectivity index (χ0n) is 65.0. The van der Waals surface area contributed by atoms with Crippen LogP contribution >= 0.6 is 0 Å². The lowest BCUT2D eigenvalue weighted by atomic mass is 10.0. The van der Waals surface area contributed by atoms with Gasteiger partial charge in [0.05, 0.1) is 40.3 Å². The van der Waals surface area contributed by atoms with E-state index in [9.17, 15) is 19.5 Å². The molecular weight excluding hydrogens is 1200 g/mol. The molecule has 97 heavy (non-hydrogen) atoms. The zero-order valence-corrected chi connectivity index (χ0v) is 65.0. The fourth-order valence-corrected chi connectivity index (χ4v) is 12.6. The minimum absolute atomic E-state index is 0.148. The molecule has 0 aromatic heterocycles. The Morgan fingerprint density at radius 2 is 0.588 bits per heavy atom. The summed E-state index contributed by atoms with van der Waals surface area (Å²) in [5.41, 5.74) is 0. The van der Waals surface area contributed by atoms with Gasteiger partial charge in [0, 0.05) is 12.8 Å². The molecule has 9 nitrogen and oxygen atoms in total. The number of carboxylic acids is 1. The Labute approximate surface area is 602 Å². The zero-order chi connectivity index (χ0) is 70.4.